The number of carbonyl (C=O) groups excluding carboxylic acids is 1. The third kappa shape index (κ3) is 5.07. The van der Waals surface area contributed by atoms with Crippen LogP contribution in [0.5, 0.6) is 0 Å². The monoisotopic (exact) mass is 381 g/mol. The van der Waals surface area contributed by atoms with Gasteiger partial charge in [-0.1, -0.05) is 6.07 Å². The van der Waals surface area contributed by atoms with Crippen molar-refractivity contribution < 1.29 is 4.79 Å². The van der Waals surface area contributed by atoms with E-state index in [1.807, 2.05) is 44.0 Å². The van der Waals surface area contributed by atoms with Crippen LogP contribution in [-0.2, 0) is 4.79 Å². The number of likely N-dealkylation sites (tertiary alicyclic amines) is 1. The Morgan fingerprint density at radius 3 is 2.54 bits per heavy atom. The van der Waals surface area contributed by atoms with E-state index in [-0.39, 0.29) is 5.91 Å². The van der Waals surface area contributed by atoms with Crippen LogP contribution in [0.3, 0.4) is 0 Å². The zero-order valence-electron chi connectivity index (χ0n) is 17.2. The summed E-state index contributed by atoms with van der Waals surface area (Å²) >= 11 is 0. The van der Waals surface area contributed by atoms with Crippen LogP contribution in [0, 0.1) is 6.92 Å². The van der Waals surface area contributed by atoms with Gasteiger partial charge < -0.3 is 10.2 Å². The molecule has 0 saturated carbocycles. The Labute approximate surface area is 168 Å². The minimum Gasteiger partial charge on any atom is -0.342 e. The Morgan fingerprint density at radius 2 is 1.93 bits per heavy atom. The lowest BCUT2D eigenvalue weighted by atomic mass is 9.93. The lowest BCUT2D eigenvalue weighted by Crippen LogP contribution is -2.43. The number of carbonyl (C=O) groups is 1. The SMILES string of the molecule is CCN(CC)C(=O)CN1CCC(c2ccc(Nc3ncccc3C)cn2)CC1. The molecule has 0 unspecified atom stereocenters. The van der Waals surface area contributed by atoms with Crippen LogP contribution in [0.1, 0.15) is 43.9 Å². The summed E-state index contributed by atoms with van der Waals surface area (Å²) in [5.74, 6) is 1.57. The molecule has 6 nitrogen and oxygen atoms in total. The van der Waals surface area contributed by atoms with E-state index < -0.39 is 0 Å². The van der Waals surface area contributed by atoms with Gasteiger partial charge in [-0.25, -0.2) is 4.98 Å². The van der Waals surface area contributed by atoms with Crippen molar-refractivity contribution in [1.29, 1.82) is 0 Å². The summed E-state index contributed by atoms with van der Waals surface area (Å²) in [6, 6.07) is 8.16. The van der Waals surface area contributed by atoms with Gasteiger partial charge in [0.2, 0.25) is 5.91 Å². The third-order valence-electron chi connectivity index (χ3n) is 5.54. The fourth-order valence-electron chi connectivity index (χ4n) is 3.73. The van der Waals surface area contributed by atoms with Crippen molar-refractivity contribution >= 4 is 17.4 Å². The summed E-state index contributed by atoms with van der Waals surface area (Å²) in [5.41, 5.74) is 3.20. The van der Waals surface area contributed by atoms with Crippen LogP contribution < -0.4 is 5.32 Å². The first kappa shape index (κ1) is 20.3. The predicted molar refractivity (Wildman–Crippen MR) is 113 cm³/mol. The number of likely N-dealkylation sites (N-methyl/N-ethyl adjacent to an activating group) is 1. The van der Waals surface area contributed by atoms with Gasteiger partial charge in [-0.15, -0.1) is 0 Å². The van der Waals surface area contributed by atoms with Crippen molar-refractivity contribution in [3.8, 4) is 0 Å². The second kappa shape index (κ2) is 9.64. The first-order valence-electron chi connectivity index (χ1n) is 10.3. The molecule has 150 valence electrons. The van der Waals surface area contributed by atoms with E-state index in [2.05, 4.69) is 32.3 Å². The van der Waals surface area contributed by atoms with E-state index in [1.54, 1.807) is 6.20 Å². The van der Waals surface area contributed by atoms with E-state index >= 15 is 0 Å². The second-order valence-corrected chi connectivity index (χ2v) is 7.38. The van der Waals surface area contributed by atoms with Crippen LogP contribution in [-0.4, -0.2) is 58.4 Å². The number of rotatable bonds is 7. The lowest BCUT2D eigenvalue weighted by molar-refractivity contribution is -0.132. The van der Waals surface area contributed by atoms with Gasteiger partial charge in [0.05, 0.1) is 18.4 Å². The maximum Gasteiger partial charge on any atom is 0.236 e. The van der Waals surface area contributed by atoms with Crippen molar-refractivity contribution in [3.63, 3.8) is 0 Å². The molecule has 0 aromatic carbocycles. The number of anilines is 2. The number of pyridine rings is 2. The zero-order chi connectivity index (χ0) is 19.9. The Kier molecular flexibility index (Phi) is 6.98. The highest BCUT2D eigenvalue weighted by Gasteiger charge is 2.24. The highest BCUT2D eigenvalue weighted by molar-refractivity contribution is 5.78. The van der Waals surface area contributed by atoms with E-state index in [0.717, 1.165) is 61.8 Å². The molecule has 0 bridgehead atoms. The van der Waals surface area contributed by atoms with Crippen molar-refractivity contribution in [3.05, 3.63) is 47.9 Å². The highest BCUT2D eigenvalue weighted by atomic mass is 16.2. The van der Waals surface area contributed by atoms with Gasteiger partial charge in [0.25, 0.3) is 0 Å². The van der Waals surface area contributed by atoms with Crippen molar-refractivity contribution in [2.75, 3.05) is 38.0 Å². The Morgan fingerprint density at radius 1 is 1.18 bits per heavy atom. The topological polar surface area (TPSA) is 61.4 Å². The fourth-order valence-corrected chi connectivity index (χ4v) is 3.73. The van der Waals surface area contributed by atoms with Crippen molar-refractivity contribution in [2.45, 2.75) is 39.5 Å². The summed E-state index contributed by atoms with van der Waals surface area (Å²) in [4.78, 5) is 25.5. The molecule has 1 aliphatic rings. The maximum atomic E-state index is 12.3. The molecule has 0 spiro atoms. The van der Waals surface area contributed by atoms with Gasteiger partial charge in [0, 0.05) is 30.9 Å². The Hall–Kier alpha value is -2.47. The van der Waals surface area contributed by atoms with Crippen LogP contribution in [0.15, 0.2) is 36.7 Å². The van der Waals surface area contributed by atoms with Crippen LogP contribution in [0.25, 0.3) is 0 Å². The second-order valence-electron chi connectivity index (χ2n) is 7.38. The first-order chi connectivity index (χ1) is 13.6. The standard InChI is InChI=1S/C22H31N5O/c1-4-27(5-2)21(28)16-26-13-10-18(11-14-26)20-9-8-19(15-24-20)25-22-17(3)7-6-12-23-22/h6-9,12,15,18H,4-5,10-11,13-14,16H2,1-3H3,(H,23,25). The Balaban J connectivity index is 1.52. The molecule has 3 heterocycles. The van der Waals surface area contributed by atoms with Crippen molar-refractivity contribution in [2.24, 2.45) is 0 Å². The molecule has 1 amide bonds. The van der Waals surface area contributed by atoms with E-state index in [4.69, 9.17) is 0 Å². The fraction of sp³-hybridized carbons (Fsp3) is 0.500. The van der Waals surface area contributed by atoms with E-state index in [1.165, 1.54) is 0 Å². The molecular formula is C22H31N5O. The van der Waals surface area contributed by atoms with Crippen molar-refractivity contribution in [1.82, 2.24) is 19.8 Å². The summed E-state index contributed by atoms with van der Waals surface area (Å²) in [7, 11) is 0. The molecule has 0 aliphatic carbocycles. The largest absolute Gasteiger partial charge is 0.342 e. The van der Waals surface area contributed by atoms with E-state index in [0.29, 0.717) is 12.5 Å². The molecule has 1 saturated heterocycles. The number of aromatic nitrogens is 2. The van der Waals surface area contributed by atoms with Gasteiger partial charge in [-0.2, -0.15) is 0 Å². The minimum atomic E-state index is 0.238. The molecule has 0 radical (unpaired) electrons. The van der Waals surface area contributed by atoms with Gasteiger partial charge in [0.15, 0.2) is 0 Å². The van der Waals surface area contributed by atoms with Gasteiger partial charge in [0.1, 0.15) is 5.82 Å². The third-order valence-corrected chi connectivity index (χ3v) is 5.54. The molecule has 1 aliphatic heterocycles. The number of piperidine rings is 1. The minimum absolute atomic E-state index is 0.238. The number of nitrogens with one attached hydrogen (secondary N) is 1. The highest BCUT2D eigenvalue weighted by Crippen LogP contribution is 2.27. The summed E-state index contributed by atoms with van der Waals surface area (Å²) in [6.07, 6.45) is 5.77. The summed E-state index contributed by atoms with van der Waals surface area (Å²) in [6.45, 7) is 10.1. The van der Waals surface area contributed by atoms with Gasteiger partial charge >= 0.3 is 0 Å². The first-order valence-corrected chi connectivity index (χ1v) is 10.3. The Bertz CT molecular complexity index is 765. The molecule has 2 aromatic heterocycles. The number of nitrogens with zero attached hydrogens (tertiary/aromatic N) is 4. The maximum absolute atomic E-state index is 12.3. The molecule has 1 fully saturated rings. The average molecular weight is 382 g/mol. The molecule has 3 rings (SSSR count). The van der Waals surface area contributed by atoms with Crippen LogP contribution in [0.4, 0.5) is 11.5 Å². The molecule has 0 atom stereocenters. The van der Waals surface area contributed by atoms with Crippen LogP contribution >= 0.6 is 0 Å². The number of amides is 1. The molecular weight excluding hydrogens is 350 g/mol. The van der Waals surface area contributed by atoms with Gasteiger partial charge in [-0.05, 0) is 70.5 Å². The summed E-state index contributed by atoms with van der Waals surface area (Å²) in [5, 5.41) is 3.33. The molecule has 2 aromatic rings. The van der Waals surface area contributed by atoms with Gasteiger partial charge in [-0.3, -0.25) is 14.7 Å². The molecule has 1 N–H and O–H groups in total. The van der Waals surface area contributed by atoms with Crippen LogP contribution in [0.2, 0.25) is 0 Å². The van der Waals surface area contributed by atoms with E-state index in [9.17, 15) is 4.79 Å². The smallest absolute Gasteiger partial charge is 0.236 e. The quantitative estimate of drug-likeness (QED) is 0.794. The molecule has 6 heteroatoms. The average Bonchev–Trinajstić information content (AvgIpc) is 2.72. The zero-order valence-corrected chi connectivity index (χ0v) is 17.2. The lowest BCUT2D eigenvalue weighted by Gasteiger charge is -2.32. The summed E-state index contributed by atoms with van der Waals surface area (Å²) < 4.78 is 0. The number of aryl methyl sites for hydroxylation is 1. The number of hydrogen-bond acceptors (Lipinski definition) is 5. The normalized spacial score (nSPS) is 15.4. The predicted octanol–water partition coefficient (Wildman–Crippen LogP) is 3.58. The molecule has 28 heavy (non-hydrogen) atoms. The number of hydrogen-bond donors (Lipinski definition) is 1.